The van der Waals surface area contributed by atoms with Gasteiger partial charge in [0.2, 0.25) is 0 Å². The number of carbonyl (C=O) groups excluding carboxylic acids is 1. The molecule has 5 aromatic rings. The number of aromatic amines is 2. The lowest BCUT2D eigenvalue weighted by Crippen LogP contribution is -2.35. The molecule has 2 aromatic heterocycles. The van der Waals surface area contributed by atoms with Gasteiger partial charge in [0.15, 0.2) is 15.6 Å². The number of nitrogens with zero attached hydrogens (tertiary/aromatic N) is 2. The molecule has 1 aliphatic heterocycles. The van der Waals surface area contributed by atoms with E-state index in [2.05, 4.69) is 10.1 Å². The number of H-pyrrole nitrogens is 2. The smallest absolute Gasteiger partial charge is 0.353 e. The fourth-order valence-electron chi connectivity index (χ4n) is 7.27. The first-order valence-corrected chi connectivity index (χ1v) is 18.5. The van der Waals surface area contributed by atoms with Crippen molar-refractivity contribution in [2.75, 3.05) is 11.5 Å². The normalized spacial score (nSPS) is 19.4. The molecule has 9 nitrogen and oxygen atoms in total. The van der Waals surface area contributed by atoms with Crippen LogP contribution in [-0.2, 0) is 39.9 Å². The minimum Gasteiger partial charge on any atom is -0.481 e. The van der Waals surface area contributed by atoms with E-state index in [1.54, 1.807) is 24.0 Å². The number of benzene rings is 3. The molecule has 1 unspecified atom stereocenters. The molecule has 1 aliphatic rings. The lowest BCUT2D eigenvalue weighted by Gasteiger charge is -2.29. The number of nitrogens with one attached hydrogen (secondary N) is 2. The monoisotopic (exact) mass is 703 g/mol. The maximum absolute atomic E-state index is 15.8. The Kier molecular flexibility index (Phi) is 9.28. The van der Waals surface area contributed by atoms with Crippen LogP contribution in [0.3, 0.4) is 0 Å². The average Bonchev–Trinajstić information content (AvgIpc) is 3.68. The van der Waals surface area contributed by atoms with E-state index in [-0.39, 0.29) is 52.4 Å². The highest BCUT2D eigenvalue weighted by atomic mass is 32.2. The number of hydrogen-bond acceptors (Lipinski definition) is 5. The molecule has 6 rings (SSSR count). The summed E-state index contributed by atoms with van der Waals surface area (Å²) in [6, 6.07) is 14.4. The van der Waals surface area contributed by atoms with E-state index in [4.69, 9.17) is 4.98 Å². The molecule has 50 heavy (non-hydrogen) atoms. The van der Waals surface area contributed by atoms with Crippen molar-refractivity contribution in [3.8, 4) is 11.4 Å². The van der Waals surface area contributed by atoms with Gasteiger partial charge in [-0.3, -0.25) is 9.59 Å². The topological polar surface area (TPSA) is 137 Å². The van der Waals surface area contributed by atoms with Crippen molar-refractivity contribution in [2.45, 2.75) is 64.7 Å². The van der Waals surface area contributed by atoms with Gasteiger partial charge in [-0.05, 0) is 90.0 Å². The Labute approximate surface area is 289 Å². The summed E-state index contributed by atoms with van der Waals surface area (Å²) >= 11 is 0. The summed E-state index contributed by atoms with van der Waals surface area (Å²) < 4.78 is 60.3. The molecule has 4 bridgehead atoms. The third-order valence-corrected chi connectivity index (χ3v) is 12.0. The number of rotatable bonds is 4. The zero-order valence-electron chi connectivity index (χ0n) is 28.6. The van der Waals surface area contributed by atoms with Crippen LogP contribution < -0.4 is 4.68 Å². The summed E-state index contributed by atoms with van der Waals surface area (Å²) in [6.45, 7) is 5.83. The molecule has 262 valence electrons. The quantitative estimate of drug-likeness (QED) is 0.186. The van der Waals surface area contributed by atoms with Gasteiger partial charge in [0.05, 0.1) is 22.5 Å². The van der Waals surface area contributed by atoms with Gasteiger partial charge >= 0.3 is 11.8 Å². The maximum Gasteiger partial charge on any atom is 0.353 e. The van der Waals surface area contributed by atoms with Gasteiger partial charge < -0.3 is 10.1 Å². The number of sulfone groups is 1. The van der Waals surface area contributed by atoms with Crippen molar-refractivity contribution in [1.29, 1.82) is 0 Å². The molecule has 12 heteroatoms. The molecule has 0 aliphatic carbocycles. The molecule has 1 atom stereocenters. The van der Waals surface area contributed by atoms with Crippen molar-refractivity contribution in [3.05, 3.63) is 106 Å². The number of fused-ring (bicyclic) bond motifs is 8. The van der Waals surface area contributed by atoms with Crippen molar-refractivity contribution in [3.63, 3.8) is 0 Å². The summed E-state index contributed by atoms with van der Waals surface area (Å²) in [4.78, 5) is 33.3. The van der Waals surface area contributed by atoms with Crippen molar-refractivity contribution in [1.82, 2.24) is 15.1 Å². The largest absolute Gasteiger partial charge is 0.481 e. The van der Waals surface area contributed by atoms with Gasteiger partial charge in [0.1, 0.15) is 24.2 Å². The van der Waals surface area contributed by atoms with Crippen LogP contribution in [0.1, 0.15) is 84.9 Å². The molecular weight excluding hydrogens is 663 g/mol. The van der Waals surface area contributed by atoms with E-state index in [0.717, 1.165) is 17.2 Å². The first kappa shape index (κ1) is 35.1. The zero-order chi connectivity index (χ0) is 36.0. The molecule has 0 amide bonds. The van der Waals surface area contributed by atoms with E-state index in [0.29, 0.717) is 42.4 Å². The summed E-state index contributed by atoms with van der Waals surface area (Å²) in [6.07, 6.45) is 3.58. The SMILES string of the molecule is C[n+]1[nH]c2nc1-c1cc(ccc1F)C(=O)c1c(F)cc3[nH]ccc3c1CCS(=O)(=O)CC(C)(C)CCCC2(C)c1cccc(CCC(=O)O)c1. The highest BCUT2D eigenvalue weighted by molar-refractivity contribution is 7.91. The zero-order valence-corrected chi connectivity index (χ0v) is 29.4. The second-order valence-electron chi connectivity index (χ2n) is 14.4. The van der Waals surface area contributed by atoms with E-state index < -0.39 is 44.1 Å². The molecule has 0 spiro atoms. The average molecular weight is 704 g/mol. The number of ketones is 1. The third-order valence-electron chi connectivity index (χ3n) is 9.94. The summed E-state index contributed by atoms with van der Waals surface area (Å²) in [5, 5.41) is 13.1. The molecule has 3 heterocycles. The van der Waals surface area contributed by atoms with Crippen molar-refractivity contribution < 1.29 is 36.6 Å². The minimum atomic E-state index is -3.66. The van der Waals surface area contributed by atoms with Crippen LogP contribution in [0.5, 0.6) is 0 Å². The standard InChI is InChI=1S/C38H40F2N4O5S/c1-37(2)15-6-16-38(3,25-8-5-7-23(19-25)9-12-32(45)46)36-42-35(44(4)43-36)28-20-24(10-11-29(28)39)34(47)33-27(14-18-50(48,49)22-37)26-13-17-41-31(26)21-30(33)40/h5,7-8,10-11,13,17,19-21H,6,9,12,14-16,18,22H2,1-4H3,(H2,41,45,46,47)/p+1. The molecule has 3 aromatic carbocycles. The van der Waals surface area contributed by atoms with Gasteiger partial charge in [-0.2, -0.15) is 9.78 Å². The maximum atomic E-state index is 15.8. The van der Waals surface area contributed by atoms with E-state index in [9.17, 15) is 23.1 Å². The van der Waals surface area contributed by atoms with Crippen LogP contribution in [0.25, 0.3) is 22.3 Å². The second kappa shape index (κ2) is 13.2. The Morgan fingerprint density at radius 1 is 1.04 bits per heavy atom. The number of carboxylic acids is 1. The highest BCUT2D eigenvalue weighted by Crippen LogP contribution is 2.39. The lowest BCUT2D eigenvalue weighted by atomic mass is 9.75. The number of carboxylic acid groups (broad SMARTS) is 1. The fourth-order valence-corrected chi connectivity index (χ4v) is 9.27. The molecule has 3 N–H and O–H groups in total. The molecule has 0 saturated carbocycles. The number of hydrogen-bond donors (Lipinski definition) is 3. The predicted molar refractivity (Wildman–Crippen MR) is 186 cm³/mol. The Hall–Kier alpha value is -4.71. The first-order chi connectivity index (χ1) is 23.6. The second-order valence-corrected chi connectivity index (χ2v) is 16.6. The highest BCUT2D eigenvalue weighted by Gasteiger charge is 2.40. The van der Waals surface area contributed by atoms with Gasteiger partial charge in [-0.25, -0.2) is 17.2 Å². The Morgan fingerprint density at radius 2 is 1.82 bits per heavy atom. The van der Waals surface area contributed by atoms with Crippen LogP contribution in [0, 0.1) is 17.0 Å². The van der Waals surface area contributed by atoms with Gasteiger partial charge in [-0.15, -0.1) is 0 Å². The molecular formula is C38H41F2N4O5S+. The van der Waals surface area contributed by atoms with E-state index in [1.165, 1.54) is 18.2 Å². The number of aromatic nitrogens is 4. The summed E-state index contributed by atoms with van der Waals surface area (Å²) in [5.74, 6) is -2.65. The minimum absolute atomic E-state index is 0.0263. The molecule has 0 radical (unpaired) electrons. The Balaban J connectivity index is 1.53. The molecule has 0 saturated heterocycles. The van der Waals surface area contributed by atoms with Crippen molar-refractivity contribution >= 4 is 32.5 Å². The summed E-state index contributed by atoms with van der Waals surface area (Å²) in [7, 11) is -1.96. The van der Waals surface area contributed by atoms with Gasteiger partial charge in [0.25, 0.3) is 5.82 Å². The van der Waals surface area contributed by atoms with Crippen molar-refractivity contribution in [2.24, 2.45) is 12.5 Å². The van der Waals surface area contributed by atoms with Crippen LogP contribution in [0.15, 0.2) is 60.8 Å². The van der Waals surface area contributed by atoms with E-state index in [1.807, 2.05) is 45.0 Å². The Bertz CT molecular complexity index is 2240. The van der Waals surface area contributed by atoms with Gasteiger partial charge in [-0.1, -0.05) is 44.5 Å². The number of aryl methyl sites for hydroxylation is 3. The summed E-state index contributed by atoms with van der Waals surface area (Å²) in [5.41, 5.74) is 0.875. The van der Waals surface area contributed by atoms with E-state index >= 15 is 8.78 Å². The van der Waals surface area contributed by atoms with Crippen LogP contribution in [-0.4, -0.2) is 51.8 Å². The fraction of sp³-hybridized carbons (Fsp3) is 0.368. The lowest BCUT2D eigenvalue weighted by molar-refractivity contribution is -0.718. The number of carbonyl (C=O) groups is 2. The Morgan fingerprint density at radius 3 is 2.58 bits per heavy atom. The van der Waals surface area contributed by atoms with Gasteiger partial charge in [0, 0.05) is 29.1 Å². The number of aliphatic carboxylic acids is 1. The third kappa shape index (κ3) is 6.98. The van der Waals surface area contributed by atoms with Crippen LogP contribution >= 0.6 is 0 Å². The predicted octanol–water partition coefficient (Wildman–Crippen LogP) is 6.38. The van der Waals surface area contributed by atoms with Crippen LogP contribution in [0.2, 0.25) is 0 Å². The number of halogens is 2. The molecule has 0 fully saturated rings. The first-order valence-electron chi connectivity index (χ1n) is 16.7. The van der Waals surface area contributed by atoms with Crippen LogP contribution in [0.4, 0.5) is 8.78 Å².